The van der Waals surface area contributed by atoms with Crippen LogP contribution in [-0.4, -0.2) is 9.78 Å². The summed E-state index contributed by atoms with van der Waals surface area (Å²) in [6.07, 6.45) is 5.96. The van der Waals surface area contributed by atoms with Gasteiger partial charge in [-0.25, -0.2) is 0 Å². The van der Waals surface area contributed by atoms with E-state index >= 15 is 0 Å². The average molecular weight is 136 g/mol. The van der Waals surface area contributed by atoms with Gasteiger partial charge < -0.3 is 0 Å². The second kappa shape index (κ2) is 2.69. The third-order valence-electron chi connectivity index (χ3n) is 1.59. The number of rotatable bonds is 1. The van der Waals surface area contributed by atoms with E-state index < -0.39 is 0 Å². The average Bonchev–Trinajstić information content (AvgIpc) is 2.34. The minimum absolute atomic E-state index is 1.20. The van der Waals surface area contributed by atoms with Crippen molar-refractivity contribution in [2.45, 2.75) is 13.8 Å². The maximum atomic E-state index is 4.06. The summed E-state index contributed by atoms with van der Waals surface area (Å²) in [5.74, 6) is 0. The fourth-order valence-corrected chi connectivity index (χ4v) is 0.792. The van der Waals surface area contributed by atoms with Crippen LogP contribution in [0.15, 0.2) is 18.5 Å². The van der Waals surface area contributed by atoms with Gasteiger partial charge in [-0.15, -0.1) is 0 Å². The molecule has 0 bridgehead atoms. The zero-order valence-corrected chi connectivity index (χ0v) is 6.63. The second-order valence-electron chi connectivity index (χ2n) is 2.37. The zero-order valence-electron chi connectivity index (χ0n) is 6.63. The quantitative estimate of drug-likeness (QED) is 0.576. The second-order valence-corrected chi connectivity index (χ2v) is 2.37. The largest absolute Gasteiger partial charge is 0.275 e. The molecular formula is C8H12N2. The summed E-state index contributed by atoms with van der Waals surface area (Å²) >= 11 is 0. The van der Waals surface area contributed by atoms with Crippen LogP contribution in [0.3, 0.4) is 0 Å². The van der Waals surface area contributed by atoms with E-state index in [9.17, 15) is 0 Å². The van der Waals surface area contributed by atoms with Crippen LogP contribution in [0.4, 0.5) is 0 Å². The molecule has 0 radical (unpaired) electrons. The van der Waals surface area contributed by atoms with Gasteiger partial charge in [0.25, 0.3) is 0 Å². The van der Waals surface area contributed by atoms with Gasteiger partial charge in [-0.05, 0) is 19.4 Å². The van der Waals surface area contributed by atoms with E-state index in [0.717, 1.165) is 0 Å². The first-order chi connectivity index (χ1) is 4.74. The van der Waals surface area contributed by atoms with Crippen LogP contribution < -0.4 is 0 Å². The summed E-state index contributed by atoms with van der Waals surface area (Å²) in [7, 11) is 1.92. The van der Waals surface area contributed by atoms with Gasteiger partial charge in [-0.1, -0.05) is 6.08 Å². The molecule has 54 valence electrons. The molecular weight excluding hydrogens is 124 g/mol. The van der Waals surface area contributed by atoms with E-state index in [4.69, 9.17) is 0 Å². The number of hydrogen-bond acceptors (Lipinski definition) is 1. The lowest BCUT2D eigenvalue weighted by molar-refractivity contribution is 0.767. The van der Waals surface area contributed by atoms with Gasteiger partial charge in [0, 0.05) is 18.8 Å². The van der Waals surface area contributed by atoms with E-state index in [2.05, 4.69) is 18.1 Å². The lowest BCUT2D eigenvalue weighted by Crippen LogP contribution is -1.84. The molecule has 1 aromatic heterocycles. The van der Waals surface area contributed by atoms with Crippen molar-refractivity contribution in [3.63, 3.8) is 0 Å². The van der Waals surface area contributed by atoms with Crippen molar-refractivity contribution in [2.75, 3.05) is 0 Å². The molecule has 0 aliphatic rings. The van der Waals surface area contributed by atoms with E-state index in [0.29, 0.717) is 0 Å². The predicted octanol–water partition coefficient (Wildman–Crippen LogP) is 1.84. The van der Waals surface area contributed by atoms with Crippen LogP contribution in [-0.2, 0) is 7.05 Å². The Bertz CT molecular complexity index is 246. The van der Waals surface area contributed by atoms with Crippen molar-refractivity contribution in [3.8, 4) is 0 Å². The molecule has 0 saturated carbocycles. The standard InChI is InChI=1S/C8H12N2/c1-4-7(2)8-5-9-10(3)6-8/h4-6H,1-3H3. The van der Waals surface area contributed by atoms with E-state index in [1.165, 1.54) is 11.1 Å². The normalized spacial score (nSPS) is 12.1. The number of hydrogen-bond donors (Lipinski definition) is 0. The molecule has 0 aromatic carbocycles. The van der Waals surface area contributed by atoms with Gasteiger partial charge in [0.2, 0.25) is 0 Å². The Hall–Kier alpha value is -1.05. The van der Waals surface area contributed by atoms with E-state index in [1.807, 2.05) is 31.0 Å². The molecule has 0 aliphatic heterocycles. The fraction of sp³-hybridized carbons (Fsp3) is 0.375. The van der Waals surface area contributed by atoms with Crippen molar-refractivity contribution in [3.05, 3.63) is 24.0 Å². The highest BCUT2D eigenvalue weighted by Gasteiger charge is 1.94. The molecule has 2 heteroatoms. The summed E-state index contributed by atoms with van der Waals surface area (Å²) in [6.45, 7) is 4.11. The van der Waals surface area contributed by atoms with Gasteiger partial charge in [0.05, 0.1) is 6.20 Å². The zero-order chi connectivity index (χ0) is 7.56. The SMILES string of the molecule is CC=C(C)c1cnn(C)c1. The van der Waals surface area contributed by atoms with Gasteiger partial charge >= 0.3 is 0 Å². The summed E-state index contributed by atoms with van der Waals surface area (Å²) in [5, 5.41) is 4.06. The number of aryl methyl sites for hydroxylation is 1. The molecule has 0 aliphatic carbocycles. The molecule has 1 heterocycles. The fourth-order valence-electron chi connectivity index (χ4n) is 0.792. The summed E-state index contributed by atoms with van der Waals surface area (Å²) in [6, 6.07) is 0. The molecule has 1 rings (SSSR count). The Kier molecular flexibility index (Phi) is 1.90. The smallest absolute Gasteiger partial charge is 0.0564 e. The minimum Gasteiger partial charge on any atom is -0.275 e. The molecule has 0 amide bonds. The maximum Gasteiger partial charge on any atom is 0.0564 e. The summed E-state index contributed by atoms with van der Waals surface area (Å²) in [4.78, 5) is 0. The molecule has 0 fully saturated rings. The molecule has 1 aromatic rings. The Morgan fingerprint density at radius 2 is 2.40 bits per heavy atom. The maximum absolute atomic E-state index is 4.06. The monoisotopic (exact) mass is 136 g/mol. The van der Waals surface area contributed by atoms with E-state index in [1.54, 1.807) is 0 Å². The van der Waals surface area contributed by atoms with Crippen molar-refractivity contribution in [2.24, 2.45) is 7.05 Å². The highest BCUT2D eigenvalue weighted by Crippen LogP contribution is 2.10. The summed E-state index contributed by atoms with van der Waals surface area (Å²) < 4.78 is 1.81. The first-order valence-electron chi connectivity index (χ1n) is 3.36. The van der Waals surface area contributed by atoms with Crippen molar-refractivity contribution >= 4 is 5.57 Å². The van der Waals surface area contributed by atoms with Gasteiger partial charge in [-0.2, -0.15) is 5.10 Å². The lowest BCUT2D eigenvalue weighted by Gasteiger charge is -1.90. The molecule has 0 unspecified atom stereocenters. The highest BCUT2D eigenvalue weighted by molar-refractivity contribution is 5.61. The molecule has 10 heavy (non-hydrogen) atoms. The Balaban J connectivity index is 2.95. The van der Waals surface area contributed by atoms with Gasteiger partial charge in [-0.3, -0.25) is 4.68 Å². The van der Waals surface area contributed by atoms with Crippen molar-refractivity contribution < 1.29 is 0 Å². The van der Waals surface area contributed by atoms with Crippen molar-refractivity contribution in [1.82, 2.24) is 9.78 Å². The van der Waals surface area contributed by atoms with Crippen LogP contribution in [0.25, 0.3) is 5.57 Å². The Morgan fingerprint density at radius 3 is 2.80 bits per heavy atom. The lowest BCUT2D eigenvalue weighted by atomic mass is 10.2. The Morgan fingerprint density at radius 1 is 1.70 bits per heavy atom. The highest BCUT2D eigenvalue weighted by atomic mass is 15.2. The topological polar surface area (TPSA) is 17.8 Å². The van der Waals surface area contributed by atoms with Crippen LogP contribution in [0.5, 0.6) is 0 Å². The van der Waals surface area contributed by atoms with E-state index in [-0.39, 0.29) is 0 Å². The van der Waals surface area contributed by atoms with Crippen LogP contribution in [0.1, 0.15) is 19.4 Å². The number of allylic oxidation sites excluding steroid dienone is 2. The first kappa shape index (κ1) is 7.06. The molecule has 2 nitrogen and oxygen atoms in total. The van der Waals surface area contributed by atoms with Gasteiger partial charge in [0.15, 0.2) is 0 Å². The third-order valence-corrected chi connectivity index (χ3v) is 1.59. The number of nitrogens with zero attached hydrogens (tertiary/aromatic N) is 2. The van der Waals surface area contributed by atoms with Crippen LogP contribution in [0, 0.1) is 0 Å². The molecule has 0 N–H and O–H groups in total. The van der Waals surface area contributed by atoms with Crippen molar-refractivity contribution in [1.29, 1.82) is 0 Å². The molecule has 0 atom stereocenters. The molecule has 0 spiro atoms. The molecule has 0 saturated heterocycles. The Labute approximate surface area is 61.2 Å². The third kappa shape index (κ3) is 1.26. The van der Waals surface area contributed by atoms with Crippen LogP contribution in [0.2, 0.25) is 0 Å². The van der Waals surface area contributed by atoms with Gasteiger partial charge in [0.1, 0.15) is 0 Å². The predicted molar refractivity (Wildman–Crippen MR) is 42.5 cm³/mol. The van der Waals surface area contributed by atoms with Crippen LogP contribution >= 0.6 is 0 Å². The summed E-state index contributed by atoms with van der Waals surface area (Å²) in [5.41, 5.74) is 2.47. The number of aromatic nitrogens is 2. The first-order valence-corrected chi connectivity index (χ1v) is 3.36. The minimum atomic E-state index is 1.20.